The zero-order valence-corrected chi connectivity index (χ0v) is 19.5. The van der Waals surface area contributed by atoms with Gasteiger partial charge in [-0.05, 0) is 43.7 Å². The Morgan fingerprint density at radius 2 is 2.06 bits per heavy atom. The van der Waals surface area contributed by atoms with Crippen LogP contribution in [0.1, 0.15) is 31.0 Å². The second-order valence-electron chi connectivity index (χ2n) is 7.20. The molecule has 1 aliphatic heterocycles. The molecular formula is C24H23N3O5S. The van der Waals surface area contributed by atoms with Crippen LogP contribution < -0.4 is 24.4 Å². The zero-order chi connectivity index (χ0) is 23.5. The lowest BCUT2D eigenvalue weighted by atomic mass is 9.95. The lowest BCUT2D eigenvalue weighted by Gasteiger charge is -2.26. The predicted octanol–water partition coefficient (Wildman–Crippen LogP) is 2.21. The molecule has 1 unspecified atom stereocenters. The number of pyridine rings is 1. The average molecular weight is 466 g/mol. The van der Waals surface area contributed by atoms with Crippen molar-refractivity contribution >= 4 is 23.4 Å². The van der Waals surface area contributed by atoms with Gasteiger partial charge in [0.15, 0.2) is 4.80 Å². The van der Waals surface area contributed by atoms with Crippen molar-refractivity contribution in [2.45, 2.75) is 19.9 Å². The Morgan fingerprint density at radius 1 is 1.24 bits per heavy atom. The normalized spacial score (nSPS) is 15.6. The summed E-state index contributed by atoms with van der Waals surface area (Å²) < 4.78 is 18.3. The van der Waals surface area contributed by atoms with Crippen LogP contribution >= 0.6 is 11.3 Å². The number of hydrogen-bond donors (Lipinski definition) is 0. The van der Waals surface area contributed by atoms with Crippen molar-refractivity contribution < 1.29 is 19.0 Å². The molecule has 1 aliphatic rings. The van der Waals surface area contributed by atoms with Crippen LogP contribution in [0, 0.1) is 0 Å². The highest BCUT2D eigenvalue weighted by Crippen LogP contribution is 2.37. The van der Waals surface area contributed by atoms with E-state index in [1.165, 1.54) is 23.0 Å². The number of hydrogen-bond acceptors (Lipinski definition) is 8. The average Bonchev–Trinajstić information content (AvgIpc) is 3.12. The first kappa shape index (κ1) is 22.5. The number of allylic oxidation sites excluding steroid dienone is 1. The van der Waals surface area contributed by atoms with E-state index >= 15 is 0 Å². The number of esters is 1. The smallest absolute Gasteiger partial charge is 0.338 e. The van der Waals surface area contributed by atoms with Gasteiger partial charge in [-0.1, -0.05) is 17.4 Å². The van der Waals surface area contributed by atoms with Crippen LogP contribution in [0.4, 0.5) is 0 Å². The fourth-order valence-corrected chi connectivity index (χ4v) is 4.79. The highest BCUT2D eigenvalue weighted by molar-refractivity contribution is 7.07. The van der Waals surface area contributed by atoms with Crippen LogP contribution in [-0.2, 0) is 9.53 Å². The van der Waals surface area contributed by atoms with Crippen LogP contribution in [0.2, 0.25) is 0 Å². The molecule has 0 saturated heterocycles. The van der Waals surface area contributed by atoms with E-state index in [0.717, 1.165) is 5.56 Å². The minimum Gasteiger partial charge on any atom is -0.497 e. The van der Waals surface area contributed by atoms with Crippen LogP contribution in [0.15, 0.2) is 63.8 Å². The second-order valence-corrected chi connectivity index (χ2v) is 8.21. The van der Waals surface area contributed by atoms with Crippen molar-refractivity contribution in [3.63, 3.8) is 0 Å². The summed E-state index contributed by atoms with van der Waals surface area (Å²) in [4.78, 5) is 35.8. The molecule has 1 atom stereocenters. The minimum absolute atomic E-state index is 0.202. The van der Waals surface area contributed by atoms with E-state index < -0.39 is 12.0 Å². The molecule has 0 N–H and O–H groups in total. The Hall–Kier alpha value is -3.72. The highest BCUT2D eigenvalue weighted by atomic mass is 32.1. The van der Waals surface area contributed by atoms with Crippen molar-refractivity contribution in [3.8, 4) is 11.5 Å². The summed E-state index contributed by atoms with van der Waals surface area (Å²) in [6.45, 7) is 3.68. The Morgan fingerprint density at radius 3 is 2.73 bits per heavy atom. The standard InChI is InChI=1S/C24H23N3O5S/c1-5-32-23(29)20-14(2)26-24-27(21(20)17-9-8-16(30-3)12-18(17)31-4)22(28)19(33-24)11-15-7-6-10-25-13-15/h6-13,21H,5H2,1-4H3/b19-11-. The van der Waals surface area contributed by atoms with E-state index in [9.17, 15) is 9.59 Å². The van der Waals surface area contributed by atoms with E-state index in [1.807, 2.05) is 6.07 Å². The lowest BCUT2D eigenvalue weighted by Crippen LogP contribution is -2.40. The molecule has 0 radical (unpaired) electrons. The number of fused-ring (bicyclic) bond motifs is 1. The van der Waals surface area contributed by atoms with Crippen LogP contribution in [0.5, 0.6) is 11.5 Å². The Bertz CT molecular complexity index is 1410. The van der Waals surface area contributed by atoms with E-state index in [0.29, 0.717) is 37.7 Å². The summed E-state index contributed by atoms with van der Waals surface area (Å²) in [6.07, 6.45) is 5.11. The molecule has 0 saturated carbocycles. The molecule has 9 heteroatoms. The monoisotopic (exact) mass is 465 g/mol. The fourth-order valence-electron chi connectivity index (χ4n) is 3.74. The third kappa shape index (κ3) is 4.19. The molecule has 8 nitrogen and oxygen atoms in total. The predicted molar refractivity (Wildman–Crippen MR) is 124 cm³/mol. The molecule has 3 heterocycles. The molecule has 0 bridgehead atoms. The van der Waals surface area contributed by atoms with Gasteiger partial charge in [0.1, 0.15) is 17.5 Å². The van der Waals surface area contributed by atoms with Gasteiger partial charge in [-0.25, -0.2) is 9.79 Å². The molecule has 3 aromatic rings. The third-order valence-corrected chi connectivity index (χ3v) is 6.22. The number of carbonyl (C=O) groups is 1. The van der Waals surface area contributed by atoms with E-state index in [-0.39, 0.29) is 12.2 Å². The lowest BCUT2D eigenvalue weighted by molar-refractivity contribution is -0.139. The van der Waals surface area contributed by atoms with Gasteiger partial charge < -0.3 is 14.2 Å². The van der Waals surface area contributed by atoms with Crippen molar-refractivity contribution in [2.75, 3.05) is 20.8 Å². The summed E-state index contributed by atoms with van der Waals surface area (Å²) in [5.41, 5.74) is 1.94. The highest BCUT2D eigenvalue weighted by Gasteiger charge is 2.35. The number of nitrogens with zero attached hydrogens (tertiary/aromatic N) is 3. The van der Waals surface area contributed by atoms with E-state index in [2.05, 4.69) is 9.98 Å². The van der Waals surface area contributed by atoms with Gasteiger partial charge in [-0.2, -0.15) is 0 Å². The molecule has 0 amide bonds. The number of aromatic nitrogens is 2. The van der Waals surface area contributed by atoms with Gasteiger partial charge in [0.25, 0.3) is 5.56 Å². The SMILES string of the molecule is CCOC(=O)C1=C(C)N=c2s/c(=C\c3cccnc3)c(=O)n2C1c1ccc(OC)cc1OC. The summed E-state index contributed by atoms with van der Waals surface area (Å²) in [6, 6.07) is 8.18. The third-order valence-electron chi connectivity index (χ3n) is 5.23. The largest absolute Gasteiger partial charge is 0.497 e. The summed E-state index contributed by atoms with van der Waals surface area (Å²) in [5, 5.41) is 0. The van der Waals surface area contributed by atoms with Crippen molar-refractivity contribution in [1.29, 1.82) is 0 Å². The minimum atomic E-state index is -0.766. The number of rotatable bonds is 6. The summed E-state index contributed by atoms with van der Waals surface area (Å²) >= 11 is 1.26. The first-order valence-electron chi connectivity index (χ1n) is 10.3. The van der Waals surface area contributed by atoms with Crippen molar-refractivity contribution in [1.82, 2.24) is 9.55 Å². The van der Waals surface area contributed by atoms with Gasteiger partial charge >= 0.3 is 5.97 Å². The number of carbonyl (C=O) groups excluding carboxylic acids is 1. The number of benzene rings is 1. The quantitative estimate of drug-likeness (QED) is 0.519. The Labute approximate surface area is 194 Å². The van der Waals surface area contributed by atoms with Crippen molar-refractivity contribution in [3.05, 3.63) is 84.8 Å². The molecule has 4 rings (SSSR count). The number of methoxy groups -OCH3 is 2. The Kier molecular flexibility index (Phi) is 6.41. The van der Waals surface area contributed by atoms with Gasteiger partial charge in [-0.15, -0.1) is 0 Å². The molecule has 170 valence electrons. The number of ether oxygens (including phenoxy) is 3. The summed E-state index contributed by atoms with van der Waals surface area (Å²) in [7, 11) is 3.09. The first-order valence-corrected chi connectivity index (χ1v) is 11.1. The molecular weight excluding hydrogens is 442 g/mol. The van der Waals surface area contributed by atoms with Crippen molar-refractivity contribution in [2.24, 2.45) is 4.99 Å². The van der Waals surface area contributed by atoms with Crippen LogP contribution in [-0.4, -0.2) is 36.3 Å². The topological polar surface area (TPSA) is 92.0 Å². The first-order chi connectivity index (χ1) is 16.0. The fraction of sp³-hybridized carbons (Fsp3) is 0.250. The zero-order valence-electron chi connectivity index (χ0n) is 18.7. The van der Waals surface area contributed by atoms with Crippen LogP contribution in [0.3, 0.4) is 0 Å². The maximum Gasteiger partial charge on any atom is 0.338 e. The van der Waals surface area contributed by atoms with Gasteiger partial charge in [0.05, 0.1) is 36.6 Å². The van der Waals surface area contributed by atoms with Gasteiger partial charge in [0, 0.05) is 24.0 Å². The van der Waals surface area contributed by atoms with Gasteiger partial charge in [-0.3, -0.25) is 14.3 Å². The molecule has 33 heavy (non-hydrogen) atoms. The second kappa shape index (κ2) is 9.41. The molecule has 0 fully saturated rings. The Balaban J connectivity index is 2.00. The maximum atomic E-state index is 13.6. The van der Waals surface area contributed by atoms with E-state index in [4.69, 9.17) is 14.2 Å². The van der Waals surface area contributed by atoms with E-state index in [1.54, 1.807) is 63.7 Å². The molecule has 0 spiro atoms. The number of thiazole rings is 1. The molecule has 2 aromatic heterocycles. The molecule has 1 aromatic carbocycles. The molecule has 0 aliphatic carbocycles. The van der Waals surface area contributed by atoms with Crippen LogP contribution in [0.25, 0.3) is 6.08 Å². The summed E-state index contributed by atoms with van der Waals surface area (Å²) in [5.74, 6) is 0.554. The van der Waals surface area contributed by atoms with Gasteiger partial charge in [0.2, 0.25) is 0 Å². The maximum absolute atomic E-state index is 13.6.